The normalized spacial score (nSPS) is 25.3. The van der Waals surface area contributed by atoms with Gasteiger partial charge in [0.25, 0.3) is 5.91 Å². The molecule has 0 saturated carbocycles. The molecule has 1 aromatic heterocycles. The van der Waals surface area contributed by atoms with Crippen LogP contribution in [-0.4, -0.2) is 57.6 Å². The Morgan fingerprint density at radius 2 is 1.82 bits per heavy atom. The van der Waals surface area contributed by atoms with Crippen LogP contribution >= 0.6 is 0 Å². The highest BCUT2D eigenvalue weighted by molar-refractivity contribution is 5.92. The van der Waals surface area contributed by atoms with E-state index in [9.17, 15) is 4.79 Å². The Morgan fingerprint density at radius 3 is 2.50 bits per heavy atom. The minimum atomic E-state index is 0.106. The molecule has 1 amide bonds. The molecule has 2 aromatic rings. The first-order chi connectivity index (χ1) is 13.6. The van der Waals surface area contributed by atoms with Crippen LogP contribution in [0.2, 0.25) is 0 Å². The summed E-state index contributed by atoms with van der Waals surface area (Å²) in [6, 6.07) is 11.7. The van der Waals surface area contributed by atoms with Crippen molar-refractivity contribution in [2.24, 2.45) is 5.92 Å². The third kappa shape index (κ3) is 3.16. The van der Waals surface area contributed by atoms with Gasteiger partial charge in [-0.3, -0.25) is 14.8 Å². The van der Waals surface area contributed by atoms with Gasteiger partial charge in [-0.2, -0.15) is 5.10 Å². The van der Waals surface area contributed by atoms with Crippen molar-refractivity contribution in [1.82, 2.24) is 20.0 Å². The van der Waals surface area contributed by atoms with Crippen molar-refractivity contribution in [3.8, 4) is 0 Å². The summed E-state index contributed by atoms with van der Waals surface area (Å²) in [5.41, 5.74) is 4.63. The Labute approximate surface area is 167 Å². The average Bonchev–Trinajstić information content (AvgIpc) is 3.26. The van der Waals surface area contributed by atoms with Gasteiger partial charge in [0.05, 0.1) is 0 Å². The van der Waals surface area contributed by atoms with E-state index in [-0.39, 0.29) is 5.91 Å². The first kappa shape index (κ1) is 17.9. The standard InChI is InChI=1S/C23H30N4O/c1-15(2)21-11-22(25-24-21)23(28)27-13-16-7-8-19(27)14-26(12-16)20-9-17-5-3-4-6-18(17)10-20/h3-6,11,15-16,19-20H,7-10,12-14H2,1-2H3,(H,24,25)/t16-,19+/m0/s1. The van der Waals surface area contributed by atoms with Crippen molar-refractivity contribution in [3.63, 3.8) is 0 Å². The first-order valence-corrected chi connectivity index (χ1v) is 10.8. The largest absolute Gasteiger partial charge is 0.333 e. The number of hydrogen-bond acceptors (Lipinski definition) is 3. The number of H-pyrrole nitrogens is 1. The maximum Gasteiger partial charge on any atom is 0.274 e. The van der Waals surface area contributed by atoms with Crippen LogP contribution in [0.15, 0.2) is 30.3 Å². The van der Waals surface area contributed by atoms with E-state index in [0.29, 0.717) is 29.6 Å². The number of aromatic amines is 1. The number of piperidine rings is 1. The molecule has 1 N–H and O–H groups in total. The summed E-state index contributed by atoms with van der Waals surface area (Å²) in [7, 11) is 0. The van der Waals surface area contributed by atoms with Gasteiger partial charge < -0.3 is 4.90 Å². The van der Waals surface area contributed by atoms with Gasteiger partial charge in [-0.05, 0) is 54.7 Å². The smallest absolute Gasteiger partial charge is 0.274 e. The summed E-state index contributed by atoms with van der Waals surface area (Å²) in [5.74, 6) is 1.04. The average molecular weight is 379 g/mol. The lowest BCUT2D eigenvalue weighted by molar-refractivity contribution is 0.0575. The van der Waals surface area contributed by atoms with Gasteiger partial charge in [0.2, 0.25) is 0 Å². The number of nitrogens with one attached hydrogen (secondary N) is 1. The lowest BCUT2D eigenvalue weighted by atomic mass is 9.94. The van der Waals surface area contributed by atoms with Crippen LogP contribution in [0, 0.1) is 5.92 Å². The van der Waals surface area contributed by atoms with Gasteiger partial charge in [-0.25, -0.2) is 0 Å². The zero-order valence-corrected chi connectivity index (χ0v) is 16.9. The molecule has 28 heavy (non-hydrogen) atoms. The lowest BCUT2D eigenvalue weighted by Gasteiger charge is -2.36. The summed E-state index contributed by atoms with van der Waals surface area (Å²) in [6.07, 6.45) is 4.66. The van der Waals surface area contributed by atoms with E-state index in [4.69, 9.17) is 0 Å². The monoisotopic (exact) mass is 378 g/mol. The minimum absolute atomic E-state index is 0.106. The van der Waals surface area contributed by atoms with Crippen LogP contribution in [0.25, 0.3) is 0 Å². The Bertz CT molecular complexity index is 848. The first-order valence-electron chi connectivity index (χ1n) is 10.8. The molecule has 0 unspecified atom stereocenters. The van der Waals surface area contributed by atoms with Crippen LogP contribution in [0.3, 0.4) is 0 Å². The molecule has 0 spiro atoms. The predicted octanol–water partition coefficient (Wildman–Crippen LogP) is 3.24. The molecule has 0 radical (unpaired) electrons. The third-order valence-corrected chi connectivity index (χ3v) is 6.99. The van der Waals surface area contributed by atoms with E-state index in [2.05, 4.69) is 58.1 Å². The fourth-order valence-corrected chi connectivity index (χ4v) is 5.35. The highest BCUT2D eigenvalue weighted by Gasteiger charge is 2.40. The molecule has 4 heterocycles. The molecular weight excluding hydrogens is 348 g/mol. The molecular formula is C23H30N4O. The fraction of sp³-hybridized carbons (Fsp3) is 0.565. The lowest BCUT2D eigenvalue weighted by Crippen LogP contribution is -2.48. The number of carbonyl (C=O) groups is 1. The summed E-state index contributed by atoms with van der Waals surface area (Å²) in [5, 5.41) is 7.36. The number of carbonyl (C=O) groups excluding carboxylic acids is 1. The molecule has 3 fully saturated rings. The van der Waals surface area contributed by atoms with E-state index in [0.717, 1.165) is 44.6 Å². The van der Waals surface area contributed by atoms with E-state index in [1.54, 1.807) is 0 Å². The SMILES string of the molecule is CC(C)c1cc(C(=O)N2C[C@H]3CC[C@@H]2CN(C2Cc4ccccc4C2)C3)n[nH]1. The molecule has 2 atom stereocenters. The van der Waals surface area contributed by atoms with E-state index >= 15 is 0 Å². The summed E-state index contributed by atoms with van der Waals surface area (Å²) >= 11 is 0. The number of rotatable bonds is 3. The second-order valence-corrected chi connectivity index (χ2v) is 9.20. The molecule has 5 heteroatoms. The van der Waals surface area contributed by atoms with Gasteiger partial charge >= 0.3 is 0 Å². The number of hydrogen-bond donors (Lipinski definition) is 1. The van der Waals surface area contributed by atoms with Gasteiger partial charge in [0, 0.05) is 37.4 Å². The van der Waals surface area contributed by atoms with Crippen molar-refractivity contribution in [2.45, 2.75) is 57.5 Å². The predicted molar refractivity (Wildman–Crippen MR) is 109 cm³/mol. The topological polar surface area (TPSA) is 52.2 Å². The maximum atomic E-state index is 13.2. The Morgan fingerprint density at radius 1 is 1.07 bits per heavy atom. The summed E-state index contributed by atoms with van der Waals surface area (Å²) < 4.78 is 0. The zero-order chi connectivity index (χ0) is 19.3. The molecule has 2 bridgehead atoms. The van der Waals surface area contributed by atoms with Crippen molar-refractivity contribution in [1.29, 1.82) is 0 Å². The fourth-order valence-electron chi connectivity index (χ4n) is 5.35. The second-order valence-electron chi connectivity index (χ2n) is 9.20. The number of fused-ring (bicyclic) bond motifs is 5. The van der Waals surface area contributed by atoms with Crippen LogP contribution in [0.1, 0.15) is 59.9 Å². The van der Waals surface area contributed by atoms with Gasteiger partial charge in [0.1, 0.15) is 5.69 Å². The second kappa shape index (κ2) is 7.03. The van der Waals surface area contributed by atoms with Crippen molar-refractivity contribution >= 4 is 5.91 Å². The van der Waals surface area contributed by atoms with Gasteiger partial charge in [-0.15, -0.1) is 0 Å². The van der Waals surface area contributed by atoms with Crippen LogP contribution in [0.4, 0.5) is 0 Å². The molecule has 5 nitrogen and oxygen atoms in total. The molecule has 6 rings (SSSR count). The minimum Gasteiger partial charge on any atom is -0.333 e. The van der Waals surface area contributed by atoms with E-state index in [1.807, 2.05) is 6.07 Å². The highest BCUT2D eigenvalue weighted by atomic mass is 16.2. The quantitative estimate of drug-likeness (QED) is 0.892. The molecule has 4 aliphatic rings. The van der Waals surface area contributed by atoms with Crippen molar-refractivity contribution in [2.75, 3.05) is 19.6 Å². The molecule has 1 aromatic carbocycles. The maximum absolute atomic E-state index is 13.2. The zero-order valence-electron chi connectivity index (χ0n) is 16.9. The Hall–Kier alpha value is -2.14. The summed E-state index contributed by atoms with van der Waals surface area (Å²) in [6.45, 7) is 7.24. The Balaban J connectivity index is 1.32. The van der Waals surface area contributed by atoms with E-state index < -0.39 is 0 Å². The van der Waals surface area contributed by atoms with Gasteiger partial charge in [-0.1, -0.05) is 38.1 Å². The third-order valence-electron chi connectivity index (χ3n) is 6.99. The van der Waals surface area contributed by atoms with Crippen LogP contribution in [-0.2, 0) is 12.8 Å². The molecule has 1 aliphatic carbocycles. The van der Waals surface area contributed by atoms with Crippen LogP contribution in [0.5, 0.6) is 0 Å². The highest BCUT2D eigenvalue weighted by Crippen LogP contribution is 2.33. The van der Waals surface area contributed by atoms with Crippen molar-refractivity contribution in [3.05, 3.63) is 52.8 Å². The Kier molecular flexibility index (Phi) is 4.50. The van der Waals surface area contributed by atoms with Crippen LogP contribution < -0.4 is 0 Å². The molecule has 3 saturated heterocycles. The van der Waals surface area contributed by atoms with E-state index in [1.165, 1.54) is 17.5 Å². The number of nitrogens with zero attached hydrogens (tertiary/aromatic N) is 3. The summed E-state index contributed by atoms with van der Waals surface area (Å²) in [4.78, 5) is 18.0. The molecule has 3 aliphatic heterocycles. The number of benzene rings is 1. The van der Waals surface area contributed by atoms with Crippen molar-refractivity contribution < 1.29 is 4.79 Å². The number of amides is 1. The number of aromatic nitrogens is 2. The molecule has 148 valence electrons. The van der Waals surface area contributed by atoms with Gasteiger partial charge in [0.15, 0.2) is 0 Å².